The molecular formula is C16H18N2O3. The van der Waals surface area contributed by atoms with Crippen LogP contribution in [0.4, 0.5) is 5.69 Å². The average Bonchev–Trinajstić information content (AvgIpc) is 2.53. The summed E-state index contributed by atoms with van der Waals surface area (Å²) in [5, 5.41) is 2.82. The molecule has 2 rings (SSSR count). The summed E-state index contributed by atoms with van der Waals surface area (Å²) in [5.74, 6) is 1.20. The molecule has 0 fully saturated rings. The van der Waals surface area contributed by atoms with Gasteiger partial charge in [-0.15, -0.1) is 0 Å². The van der Waals surface area contributed by atoms with Gasteiger partial charge in [-0.05, 0) is 36.4 Å². The highest BCUT2D eigenvalue weighted by atomic mass is 16.5. The Labute approximate surface area is 123 Å². The van der Waals surface area contributed by atoms with Crippen LogP contribution in [0, 0.1) is 0 Å². The molecule has 21 heavy (non-hydrogen) atoms. The van der Waals surface area contributed by atoms with Crippen molar-refractivity contribution in [3.63, 3.8) is 0 Å². The molecule has 0 aliphatic rings. The van der Waals surface area contributed by atoms with E-state index >= 15 is 0 Å². The van der Waals surface area contributed by atoms with Gasteiger partial charge in [0.2, 0.25) is 0 Å². The molecule has 0 bridgehead atoms. The van der Waals surface area contributed by atoms with Crippen LogP contribution in [0.2, 0.25) is 0 Å². The first-order chi connectivity index (χ1) is 10.2. The lowest BCUT2D eigenvalue weighted by atomic mass is 10.2. The van der Waals surface area contributed by atoms with E-state index in [1.165, 1.54) is 0 Å². The van der Waals surface area contributed by atoms with Gasteiger partial charge in [0, 0.05) is 23.9 Å². The number of nitrogens with one attached hydrogen (secondary N) is 1. The van der Waals surface area contributed by atoms with Crippen molar-refractivity contribution in [2.24, 2.45) is 5.73 Å². The van der Waals surface area contributed by atoms with E-state index in [1.807, 2.05) is 12.1 Å². The zero-order chi connectivity index (χ0) is 15.1. The molecular weight excluding hydrogens is 268 g/mol. The summed E-state index contributed by atoms with van der Waals surface area (Å²) >= 11 is 0. The average molecular weight is 286 g/mol. The molecule has 0 spiro atoms. The molecule has 0 aromatic heterocycles. The van der Waals surface area contributed by atoms with E-state index in [2.05, 4.69) is 5.32 Å². The molecule has 5 nitrogen and oxygen atoms in total. The highest BCUT2D eigenvalue weighted by Crippen LogP contribution is 2.18. The molecule has 0 saturated carbocycles. The topological polar surface area (TPSA) is 73.6 Å². The first-order valence-electron chi connectivity index (χ1n) is 6.61. The van der Waals surface area contributed by atoms with Crippen molar-refractivity contribution in [2.75, 3.05) is 25.6 Å². The summed E-state index contributed by atoms with van der Waals surface area (Å²) < 4.78 is 10.5. The number of hydrogen-bond donors (Lipinski definition) is 2. The van der Waals surface area contributed by atoms with Crippen molar-refractivity contribution in [3.8, 4) is 11.5 Å². The Balaban J connectivity index is 2.04. The van der Waals surface area contributed by atoms with Crippen molar-refractivity contribution in [2.45, 2.75) is 0 Å². The fourth-order valence-corrected chi connectivity index (χ4v) is 1.79. The lowest BCUT2D eigenvalue weighted by Crippen LogP contribution is -2.13. The maximum absolute atomic E-state index is 12.1. The maximum atomic E-state index is 12.1. The third-order valence-corrected chi connectivity index (χ3v) is 2.83. The minimum absolute atomic E-state index is 0.186. The molecule has 0 aliphatic carbocycles. The third kappa shape index (κ3) is 4.22. The number of hydrogen-bond acceptors (Lipinski definition) is 4. The quantitative estimate of drug-likeness (QED) is 0.854. The summed E-state index contributed by atoms with van der Waals surface area (Å²) in [6.45, 7) is 0.887. The molecule has 0 aliphatic heterocycles. The SMILES string of the molecule is COc1ccc(C(=O)Nc2cccc(OCCN)c2)cc1. The summed E-state index contributed by atoms with van der Waals surface area (Å²) in [5.41, 5.74) is 6.62. The van der Waals surface area contributed by atoms with Gasteiger partial charge in [-0.3, -0.25) is 4.79 Å². The fourth-order valence-electron chi connectivity index (χ4n) is 1.79. The molecule has 0 unspecified atom stereocenters. The number of methoxy groups -OCH3 is 1. The highest BCUT2D eigenvalue weighted by molar-refractivity contribution is 6.04. The normalized spacial score (nSPS) is 10.0. The summed E-state index contributed by atoms with van der Waals surface area (Å²) in [7, 11) is 1.59. The van der Waals surface area contributed by atoms with Gasteiger partial charge in [0.25, 0.3) is 5.91 Å². The summed E-state index contributed by atoms with van der Waals surface area (Å²) in [6.07, 6.45) is 0. The van der Waals surface area contributed by atoms with E-state index < -0.39 is 0 Å². The first-order valence-corrected chi connectivity index (χ1v) is 6.61. The monoisotopic (exact) mass is 286 g/mol. The van der Waals surface area contributed by atoms with Gasteiger partial charge in [0.1, 0.15) is 18.1 Å². The summed E-state index contributed by atoms with van der Waals surface area (Å²) in [6, 6.07) is 14.1. The van der Waals surface area contributed by atoms with Gasteiger partial charge < -0.3 is 20.5 Å². The van der Waals surface area contributed by atoms with E-state index in [0.29, 0.717) is 35.9 Å². The molecule has 0 saturated heterocycles. The van der Waals surface area contributed by atoms with Crippen molar-refractivity contribution in [3.05, 3.63) is 54.1 Å². The van der Waals surface area contributed by atoms with Crippen LogP contribution < -0.4 is 20.5 Å². The van der Waals surface area contributed by atoms with E-state index in [1.54, 1.807) is 43.5 Å². The van der Waals surface area contributed by atoms with Crippen molar-refractivity contribution < 1.29 is 14.3 Å². The second-order valence-electron chi connectivity index (χ2n) is 4.35. The van der Waals surface area contributed by atoms with Gasteiger partial charge >= 0.3 is 0 Å². The lowest BCUT2D eigenvalue weighted by Gasteiger charge is -2.09. The van der Waals surface area contributed by atoms with Crippen molar-refractivity contribution in [1.82, 2.24) is 0 Å². The molecule has 110 valence electrons. The number of amides is 1. The lowest BCUT2D eigenvalue weighted by molar-refractivity contribution is 0.102. The number of carbonyl (C=O) groups excluding carboxylic acids is 1. The number of rotatable bonds is 6. The van der Waals surface area contributed by atoms with Crippen LogP contribution in [0.1, 0.15) is 10.4 Å². The Kier molecular flexibility index (Phi) is 5.17. The van der Waals surface area contributed by atoms with Gasteiger partial charge in [0.15, 0.2) is 0 Å². The number of benzene rings is 2. The van der Waals surface area contributed by atoms with Crippen LogP contribution in [-0.2, 0) is 0 Å². The van der Waals surface area contributed by atoms with Crippen LogP contribution in [0.3, 0.4) is 0 Å². The van der Waals surface area contributed by atoms with Crippen molar-refractivity contribution >= 4 is 11.6 Å². The minimum atomic E-state index is -0.186. The molecule has 0 atom stereocenters. The van der Waals surface area contributed by atoms with Crippen molar-refractivity contribution in [1.29, 1.82) is 0 Å². The van der Waals surface area contributed by atoms with E-state index in [4.69, 9.17) is 15.2 Å². The number of anilines is 1. The van der Waals surface area contributed by atoms with Crippen LogP contribution in [0.15, 0.2) is 48.5 Å². The van der Waals surface area contributed by atoms with E-state index in [-0.39, 0.29) is 5.91 Å². The van der Waals surface area contributed by atoms with Crippen LogP contribution in [-0.4, -0.2) is 26.2 Å². The Morgan fingerprint density at radius 2 is 1.90 bits per heavy atom. The molecule has 1 amide bonds. The highest BCUT2D eigenvalue weighted by Gasteiger charge is 2.06. The van der Waals surface area contributed by atoms with Gasteiger partial charge in [-0.25, -0.2) is 0 Å². The third-order valence-electron chi connectivity index (χ3n) is 2.83. The number of nitrogens with two attached hydrogens (primary N) is 1. The zero-order valence-corrected chi connectivity index (χ0v) is 11.8. The molecule has 0 radical (unpaired) electrons. The van der Waals surface area contributed by atoms with E-state index in [9.17, 15) is 4.79 Å². The zero-order valence-electron chi connectivity index (χ0n) is 11.8. The first kappa shape index (κ1) is 14.9. The number of carbonyl (C=O) groups is 1. The molecule has 5 heteroatoms. The Morgan fingerprint density at radius 1 is 1.14 bits per heavy atom. The number of ether oxygens (including phenoxy) is 2. The second kappa shape index (κ2) is 7.31. The second-order valence-corrected chi connectivity index (χ2v) is 4.35. The van der Waals surface area contributed by atoms with Crippen LogP contribution >= 0.6 is 0 Å². The molecule has 0 heterocycles. The molecule has 3 N–H and O–H groups in total. The molecule has 2 aromatic rings. The Morgan fingerprint density at radius 3 is 2.57 bits per heavy atom. The maximum Gasteiger partial charge on any atom is 0.255 e. The predicted molar refractivity (Wildman–Crippen MR) is 81.9 cm³/mol. The fraction of sp³-hybridized carbons (Fsp3) is 0.188. The Hall–Kier alpha value is -2.53. The van der Waals surface area contributed by atoms with Gasteiger partial charge in [-0.2, -0.15) is 0 Å². The van der Waals surface area contributed by atoms with Crippen LogP contribution in [0.5, 0.6) is 11.5 Å². The van der Waals surface area contributed by atoms with E-state index in [0.717, 1.165) is 0 Å². The van der Waals surface area contributed by atoms with Gasteiger partial charge in [-0.1, -0.05) is 6.07 Å². The summed E-state index contributed by atoms with van der Waals surface area (Å²) in [4.78, 5) is 12.1. The standard InChI is InChI=1S/C16H18N2O3/c1-20-14-7-5-12(6-8-14)16(19)18-13-3-2-4-15(11-13)21-10-9-17/h2-8,11H,9-10,17H2,1H3,(H,18,19). The molecule has 2 aromatic carbocycles. The largest absolute Gasteiger partial charge is 0.497 e. The minimum Gasteiger partial charge on any atom is -0.497 e. The Bertz CT molecular complexity index is 597. The van der Waals surface area contributed by atoms with Crippen LogP contribution in [0.25, 0.3) is 0 Å². The smallest absolute Gasteiger partial charge is 0.255 e. The predicted octanol–water partition coefficient (Wildman–Crippen LogP) is 2.29. The van der Waals surface area contributed by atoms with Gasteiger partial charge in [0.05, 0.1) is 7.11 Å².